The molecule has 1 fully saturated rings. The molecular formula is C43H42N4O. The van der Waals surface area contributed by atoms with E-state index in [0.29, 0.717) is 35.9 Å². The Hall–Kier alpha value is -4.64. The van der Waals surface area contributed by atoms with Crippen LogP contribution in [0.5, 0.6) is 0 Å². The minimum atomic E-state index is 0.130. The van der Waals surface area contributed by atoms with Gasteiger partial charge in [-0.2, -0.15) is 0 Å². The second-order valence-electron chi connectivity index (χ2n) is 14.9. The lowest BCUT2D eigenvalue weighted by molar-refractivity contribution is 0.162. The molecule has 1 aromatic carbocycles. The van der Waals surface area contributed by atoms with Crippen LogP contribution in [0.15, 0.2) is 161 Å². The molecule has 0 aromatic heterocycles. The minimum Gasteiger partial charge on any atom is -0.485 e. The van der Waals surface area contributed by atoms with Gasteiger partial charge in [0.2, 0.25) is 0 Å². The normalized spacial score (nSPS) is 36.3. The maximum Gasteiger partial charge on any atom is 0.179 e. The summed E-state index contributed by atoms with van der Waals surface area (Å²) < 4.78 is 6.39. The molecule has 1 saturated heterocycles. The summed E-state index contributed by atoms with van der Waals surface area (Å²) in [6.45, 7) is 0. The van der Waals surface area contributed by atoms with E-state index in [1.165, 1.54) is 39.6 Å². The van der Waals surface area contributed by atoms with Gasteiger partial charge in [0.15, 0.2) is 6.29 Å². The third-order valence-electron chi connectivity index (χ3n) is 12.5. The zero-order valence-electron chi connectivity index (χ0n) is 27.3. The molecule has 0 bridgehead atoms. The van der Waals surface area contributed by atoms with Gasteiger partial charge in [-0.1, -0.05) is 66.8 Å². The summed E-state index contributed by atoms with van der Waals surface area (Å²) in [5.74, 6) is 2.28. The summed E-state index contributed by atoms with van der Waals surface area (Å²) in [6, 6.07) is 12.0. The SMILES string of the molecule is C1=CC2=C(CC1)NC1N(C3=CC4C5=C(C=CCC5)OC4C=C3)C3C=CC(C4=CC5C6=C(C=CCC6)N(c6ccccc6)C5C=C4)CC3N21. The van der Waals surface area contributed by atoms with Crippen molar-refractivity contribution in [1.82, 2.24) is 15.1 Å². The van der Waals surface area contributed by atoms with Gasteiger partial charge in [0, 0.05) is 40.5 Å². The number of anilines is 1. The lowest BCUT2D eigenvalue weighted by atomic mass is 9.77. The average Bonchev–Trinajstić information content (AvgIpc) is 3.88. The topological polar surface area (TPSA) is 31.0 Å². The number of rotatable bonds is 3. The highest BCUT2D eigenvalue weighted by atomic mass is 16.5. The zero-order chi connectivity index (χ0) is 31.3. The average molecular weight is 631 g/mol. The number of fused-ring (bicyclic) bond motifs is 8. The molecule has 5 heteroatoms. The Kier molecular flexibility index (Phi) is 5.94. The van der Waals surface area contributed by atoms with E-state index in [4.69, 9.17) is 4.74 Å². The number of allylic oxidation sites excluding steroid dienone is 11. The summed E-state index contributed by atoms with van der Waals surface area (Å²) in [6.07, 6.45) is 42.0. The second kappa shape index (κ2) is 10.4. The Morgan fingerprint density at radius 3 is 2.44 bits per heavy atom. The van der Waals surface area contributed by atoms with Crippen LogP contribution in [0.1, 0.15) is 44.9 Å². The van der Waals surface area contributed by atoms with Crippen molar-refractivity contribution < 1.29 is 4.74 Å². The summed E-state index contributed by atoms with van der Waals surface area (Å²) >= 11 is 0. The van der Waals surface area contributed by atoms with E-state index >= 15 is 0 Å². The van der Waals surface area contributed by atoms with Crippen molar-refractivity contribution in [2.45, 2.75) is 75.5 Å². The number of hydrogen-bond acceptors (Lipinski definition) is 5. The van der Waals surface area contributed by atoms with Crippen LogP contribution in [0.2, 0.25) is 0 Å². The predicted octanol–water partition coefficient (Wildman–Crippen LogP) is 8.04. The number of benzene rings is 1. The van der Waals surface area contributed by atoms with Crippen LogP contribution in [-0.2, 0) is 4.74 Å². The molecule has 0 spiro atoms. The molecule has 240 valence electrons. The third-order valence-corrected chi connectivity index (χ3v) is 12.5. The first-order valence-electron chi connectivity index (χ1n) is 18.3. The lowest BCUT2D eigenvalue weighted by Gasteiger charge is -2.37. The Bertz CT molecular complexity index is 1930. The first-order chi connectivity index (χ1) is 23.8. The van der Waals surface area contributed by atoms with E-state index < -0.39 is 0 Å². The van der Waals surface area contributed by atoms with Crippen LogP contribution >= 0.6 is 0 Å². The van der Waals surface area contributed by atoms with Crippen LogP contribution in [-0.4, -0.2) is 40.3 Å². The van der Waals surface area contributed by atoms with E-state index in [0.717, 1.165) is 50.7 Å². The highest BCUT2D eigenvalue weighted by Gasteiger charge is 2.53. The van der Waals surface area contributed by atoms with E-state index in [1.54, 1.807) is 5.57 Å². The van der Waals surface area contributed by atoms with Crippen LogP contribution in [0.3, 0.4) is 0 Å². The van der Waals surface area contributed by atoms with Crippen molar-refractivity contribution >= 4 is 5.69 Å². The molecule has 1 aromatic rings. The monoisotopic (exact) mass is 630 g/mol. The van der Waals surface area contributed by atoms with Crippen molar-refractivity contribution in [2.24, 2.45) is 17.8 Å². The van der Waals surface area contributed by atoms with Gasteiger partial charge in [0.05, 0.1) is 23.8 Å². The Morgan fingerprint density at radius 1 is 0.688 bits per heavy atom. The number of ether oxygens (including phenoxy) is 1. The standard InChI is InChI=1S/C43H42N4O/c1-2-10-29(11-3-1)45-36-15-7-4-12-31(36)33-24-27(18-21-37(33)45)28-19-22-39-40(25-28)47-38-16-8-6-14-35(38)44-43(47)46(39)30-20-23-42-34(26-30)32-13-5-9-17-41(32)48-42/h1-3,7-11,15-24,26,28,33-34,37,39-40,42-44H,4-6,12-14,25H2. The molecule has 5 nitrogen and oxygen atoms in total. The van der Waals surface area contributed by atoms with Gasteiger partial charge in [0.1, 0.15) is 11.9 Å². The highest BCUT2D eigenvalue weighted by molar-refractivity contribution is 5.65. The first-order valence-corrected chi connectivity index (χ1v) is 18.3. The molecule has 10 aliphatic rings. The molecule has 11 rings (SSSR count). The zero-order valence-corrected chi connectivity index (χ0v) is 27.3. The van der Waals surface area contributed by atoms with Crippen LogP contribution < -0.4 is 10.2 Å². The van der Waals surface area contributed by atoms with Crippen molar-refractivity contribution in [1.29, 1.82) is 0 Å². The van der Waals surface area contributed by atoms with Crippen LogP contribution in [0, 0.1) is 17.8 Å². The summed E-state index contributed by atoms with van der Waals surface area (Å²) in [4.78, 5) is 8.01. The van der Waals surface area contributed by atoms with E-state index in [1.807, 2.05) is 0 Å². The van der Waals surface area contributed by atoms with Gasteiger partial charge in [-0.05, 0) is 110 Å². The van der Waals surface area contributed by atoms with Gasteiger partial charge in [-0.15, -0.1) is 0 Å². The van der Waals surface area contributed by atoms with E-state index in [9.17, 15) is 0 Å². The van der Waals surface area contributed by atoms with Crippen LogP contribution in [0.25, 0.3) is 0 Å². The maximum atomic E-state index is 6.39. The predicted molar refractivity (Wildman–Crippen MR) is 191 cm³/mol. The van der Waals surface area contributed by atoms with Gasteiger partial charge < -0.3 is 24.8 Å². The van der Waals surface area contributed by atoms with Crippen molar-refractivity contribution in [2.75, 3.05) is 4.90 Å². The van der Waals surface area contributed by atoms with Crippen molar-refractivity contribution in [3.8, 4) is 0 Å². The van der Waals surface area contributed by atoms with E-state index in [-0.39, 0.29) is 12.4 Å². The molecule has 0 amide bonds. The number of nitrogens with zero attached hydrogens (tertiary/aromatic N) is 3. The number of hydrogen-bond donors (Lipinski definition) is 1. The number of nitrogens with one attached hydrogen (secondary N) is 1. The van der Waals surface area contributed by atoms with Gasteiger partial charge in [-0.25, -0.2) is 0 Å². The Morgan fingerprint density at radius 2 is 1.52 bits per heavy atom. The van der Waals surface area contributed by atoms with Gasteiger partial charge in [0.25, 0.3) is 0 Å². The molecule has 48 heavy (non-hydrogen) atoms. The second-order valence-corrected chi connectivity index (χ2v) is 14.9. The quantitative estimate of drug-likeness (QED) is 0.342. The van der Waals surface area contributed by atoms with Gasteiger partial charge >= 0.3 is 0 Å². The molecule has 8 unspecified atom stereocenters. The maximum absolute atomic E-state index is 6.39. The molecule has 0 radical (unpaired) electrons. The fraction of sp³-hybridized carbons (Fsp3) is 0.349. The lowest BCUT2D eigenvalue weighted by Crippen LogP contribution is -2.45. The summed E-state index contributed by atoms with van der Waals surface area (Å²) in [5.41, 5.74) is 11.5. The Balaban J connectivity index is 0.936. The fourth-order valence-corrected chi connectivity index (χ4v) is 10.4. The Labute approximate surface area is 283 Å². The molecular weight excluding hydrogens is 589 g/mol. The highest BCUT2D eigenvalue weighted by Crippen LogP contribution is 2.50. The van der Waals surface area contributed by atoms with Crippen LogP contribution in [0.4, 0.5) is 5.69 Å². The molecule has 0 saturated carbocycles. The summed E-state index contributed by atoms with van der Waals surface area (Å²) in [7, 11) is 0. The molecule has 8 atom stereocenters. The fourth-order valence-electron chi connectivity index (χ4n) is 10.4. The molecule has 4 aliphatic heterocycles. The minimum absolute atomic E-state index is 0.130. The molecule has 4 heterocycles. The smallest absolute Gasteiger partial charge is 0.179 e. The molecule has 1 N–H and O–H groups in total. The number of para-hydroxylation sites is 1. The van der Waals surface area contributed by atoms with Gasteiger partial charge in [-0.3, -0.25) is 0 Å². The van der Waals surface area contributed by atoms with E-state index in [2.05, 4.69) is 135 Å². The first kappa shape index (κ1) is 27.3. The summed E-state index contributed by atoms with van der Waals surface area (Å²) in [5, 5.41) is 4.02. The largest absolute Gasteiger partial charge is 0.485 e. The van der Waals surface area contributed by atoms with Crippen molar-refractivity contribution in [3.63, 3.8) is 0 Å². The van der Waals surface area contributed by atoms with Crippen molar-refractivity contribution in [3.05, 3.63) is 161 Å². The molecule has 6 aliphatic carbocycles. The third kappa shape index (κ3) is 3.90.